The monoisotopic (exact) mass is 287 g/mol. The predicted octanol–water partition coefficient (Wildman–Crippen LogP) is 4.12. The van der Waals surface area contributed by atoms with Crippen LogP contribution < -0.4 is 5.32 Å². The van der Waals surface area contributed by atoms with E-state index in [9.17, 15) is 9.50 Å². The van der Waals surface area contributed by atoms with Gasteiger partial charge in [0.05, 0.1) is 0 Å². The SMILES string of the molecule is Cc1ccccc1CC(C)NC(C)c1ccc(F)cc1O. The van der Waals surface area contributed by atoms with Crippen molar-refractivity contribution >= 4 is 0 Å². The Kier molecular flexibility index (Phi) is 4.97. The van der Waals surface area contributed by atoms with Crippen LogP contribution in [-0.2, 0) is 6.42 Å². The Morgan fingerprint density at radius 2 is 1.86 bits per heavy atom. The normalized spacial score (nSPS) is 13.9. The van der Waals surface area contributed by atoms with Gasteiger partial charge in [0.1, 0.15) is 11.6 Å². The zero-order chi connectivity index (χ0) is 15.4. The van der Waals surface area contributed by atoms with Crippen LogP contribution in [0.15, 0.2) is 42.5 Å². The summed E-state index contributed by atoms with van der Waals surface area (Å²) in [5, 5.41) is 13.3. The molecule has 2 unspecified atom stereocenters. The van der Waals surface area contributed by atoms with E-state index in [4.69, 9.17) is 0 Å². The minimum atomic E-state index is -0.420. The maximum Gasteiger partial charge on any atom is 0.126 e. The van der Waals surface area contributed by atoms with Gasteiger partial charge in [-0.2, -0.15) is 0 Å². The summed E-state index contributed by atoms with van der Waals surface area (Å²) in [6.07, 6.45) is 0.916. The molecule has 0 aromatic heterocycles. The van der Waals surface area contributed by atoms with Crippen molar-refractivity contribution in [2.45, 2.75) is 39.3 Å². The van der Waals surface area contributed by atoms with Gasteiger partial charge in [-0.1, -0.05) is 30.3 Å². The molecule has 2 rings (SSSR count). The smallest absolute Gasteiger partial charge is 0.126 e. The molecule has 0 saturated carbocycles. The summed E-state index contributed by atoms with van der Waals surface area (Å²) in [5.41, 5.74) is 3.31. The standard InChI is InChI=1S/C18H22FNO/c1-12-6-4-5-7-15(12)10-13(2)20-14(3)17-9-8-16(19)11-18(17)21/h4-9,11,13-14,20-21H,10H2,1-3H3. The van der Waals surface area contributed by atoms with Crippen molar-refractivity contribution in [2.24, 2.45) is 0 Å². The molecule has 0 saturated heterocycles. The zero-order valence-electron chi connectivity index (χ0n) is 12.7. The summed E-state index contributed by atoms with van der Waals surface area (Å²) in [7, 11) is 0. The molecule has 0 heterocycles. The molecule has 21 heavy (non-hydrogen) atoms. The molecule has 0 fully saturated rings. The lowest BCUT2D eigenvalue weighted by atomic mass is 10.0. The number of halogens is 1. The third-order valence-corrected chi connectivity index (χ3v) is 3.78. The second kappa shape index (κ2) is 6.72. The lowest BCUT2D eigenvalue weighted by molar-refractivity contribution is 0.429. The van der Waals surface area contributed by atoms with Crippen LogP contribution in [0.5, 0.6) is 5.75 Å². The maximum absolute atomic E-state index is 13.0. The highest BCUT2D eigenvalue weighted by atomic mass is 19.1. The van der Waals surface area contributed by atoms with Gasteiger partial charge in [0.2, 0.25) is 0 Å². The molecule has 2 nitrogen and oxygen atoms in total. The number of hydrogen-bond acceptors (Lipinski definition) is 2. The highest BCUT2D eigenvalue weighted by Gasteiger charge is 2.14. The number of aryl methyl sites for hydroxylation is 1. The van der Waals surface area contributed by atoms with Crippen LogP contribution in [0.4, 0.5) is 4.39 Å². The number of phenols is 1. The van der Waals surface area contributed by atoms with Crippen LogP contribution in [0, 0.1) is 12.7 Å². The van der Waals surface area contributed by atoms with Crippen molar-refractivity contribution in [3.63, 3.8) is 0 Å². The van der Waals surface area contributed by atoms with Crippen LogP contribution in [0.1, 0.15) is 36.6 Å². The molecule has 0 aliphatic carbocycles. The molecule has 0 aliphatic heterocycles. The van der Waals surface area contributed by atoms with Crippen LogP contribution in [0.2, 0.25) is 0 Å². The lowest BCUT2D eigenvalue weighted by Gasteiger charge is -2.22. The van der Waals surface area contributed by atoms with Gasteiger partial charge in [-0.05, 0) is 44.4 Å². The first kappa shape index (κ1) is 15.5. The van der Waals surface area contributed by atoms with E-state index >= 15 is 0 Å². The molecule has 3 heteroatoms. The quantitative estimate of drug-likeness (QED) is 0.867. The average Bonchev–Trinajstić information content (AvgIpc) is 2.41. The Hall–Kier alpha value is -1.87. The Morgan fingerprint density at radius 1 is 1.14 bits per heavy atom. The zero-order valence-corrected chi connectivity index (χ0v) is 12.7. The summed E-state index contributed by atoms with van der Waals surface area (Å²) < 4.78 is 13.0. The molecule has 112 valence electrons. The van der Waals surface area contributed by atoms with E-state index in [2.05, 4.69) is 31.3 Å². The molecular formula is C18H22FNO. The van der Waals surface area contributed by atoms with Crippen molar-refractivity contribution in [1.29, 1.82) is 0 Å². The largest absolute Gasteiger partial charge is 0.508 e. The fourth-order valence-corrected chi connectivity index (χ4v) is 2.63. The van der Waals surface area contributed by atoms with E-state index in [1.165, 1.54) is 17.2 Å². The number of benzene rings is 2. The first-order valence-corrected chi connectivity index (χ1v) is 7.26. The molecule has 0 spiro atoms. The first-order chi connectivity index (χ1) is 9.97. The Balaban J connectivity index is 2.02. The molecular weight excluding hydrogens is 265 g/mol. The summed E-state index contributed by atoms with van der Waals surface area (Å²) >= 11 is 0. The van der Waals surface area contributed by atoms with Gasteiger partial charge in [0.25, 0.3) is 0 Å². The van der Waals surface area contributed by atoms with Crippen LogP contribution in [0.3, 0.4) is 0 Å². The highest BCUT2D eigenvalue weighted by molar-refractivity contribution is 5.35. The summed E-state index contributed by atoms with van der Waals surface area (Å²) in [4.78, 5) is 0. The lowest BCUT2D eigenvalue weighted by Crippen LogP contribution is -2.31. The van der Waals surface area contributed by atoms with Gasteiger partial charge in [0, 0.05) is 23.7 Å². The van der Waals surface area contributed by atoms with Gasteiger partial charge in [-0.3, -0.25) is 0 Å². The third-order valence-electron chi connectivity index (χ3n) is 3.78. The van der Waals surface area contributed by atoms with E-state index in [0.29, 0.717) is 5.56 Å². The van der Waals surface area contributed by atoms with Crippen LogP contribution in [0.25, 0.3) is 0 Å². The van der Waals surface area contributed by atoms with Crippen LogP contribution >= 0.6 is 0 Å². The Labute approximate surface area is 125 Å². The summed E-state index contributed by atoms with van der Waals surface area (Å²) in [5.74, 6) is -0.422. The molecule has 0 bridgehead atoms. The number of nitrogens with one attached hydrogen (secondary N) is 1. The molecule has 2 atom stereocenters. The van der Waals surface area contributed by atoms with Gasteiger partial charge in [0.15, 0.2) is 0 Å². The van der Waals surface area contributed by atoms with Crippen molar-refractivity contribution in [2.75, 3.05) is 0 Å². The summed E-state index contributed by atoms with van der Waals surface area (Å²) in [6, 6.07) is 12.7. The van der Waals surface area contributed by atoms with Crippen molar-refractivity contribution in [1.82, 2.24) is 5.32 Å². The topological polar surface area (TPSA) is 32.3 Å². The molecule has 0 aliphatic rings. The molecule has 0 amide bonds. The van der Waals surface area contributed by atoms with Gasteiger partial charge >= 0.3 is 0 Å². The van der Waals surface area contributed by atoms with Crippen LogP contribution in [-0.4, -0.2) is 11.1 Å². The van der Waals surface area contributed by atoms with E-state index in [1.54, 1.807) is 6.07 Å². The fourth-order valence-electron chi connectivity index (χ4n) is 2.63. The van der Waals surface area contributed by atoms with Gasteiger partial charge in [-0.25, -0.2) is 4.39 Å². The van der Waals surface area contributed by atoms with Crippen molar-refractivity contribution < 1.29 is 9.50 Å². The molecule has 2 N–H and O–H groups in total. The molecule has 2 aromatic carbocycles. The van der Waals surface area contributed by atoms with E-state index in [0.717, 1.165) is 12.5 Å². The third kappa shape index (κ3) is 4.05. The van der Waals surface area contributed by atoms with Gasteiger partial charge in [-0.15, -0.1) is 0 Å². The predicted molar refractivity (Wildman–Crippen MR) is 84.0 cm³/mol. The number of hydrogen-bond donors (Lipinski definition) is 2. The molecule has 2 aromatic rings. The van der Waals surface area contributed by atoms with E-state index in [1.807, 2.05) is 19.1 Å². The van der Waals surface area contributed by atoms with Crippen molar-refractivity contribution in [3.8, 4) is 5.75 Å². The fraction of sp³-hybridized carbons (Fsp3) is 0.333. The highest BCUT2D eigenvalue weighted by Crippen LogP contribution is 2.25. The molecule has 0 radical (unpaired) electrons. The van der Waals surface area contributed by atoms with Crippen molar-refractivity contribution in [3.05, 3.63) is 65.0 Å². The second-order valence-corrected chi connectivity index (χ2v) is 5.62. The van der Waals surface area contributed by atoms with E-state index < -0.39 is 5.82 Å². The maximum atomic E-state index is 13.0. The van der Waals surface area contributed by atoms with E-state index in [-0.39, 0.29) is 17.8 Å². The number of phenolic OH excluding ortho intramolecular Hbond substituents is 1. The first-order valence-electron chi connectivity index (χ1n) is 7.26. The Morgan fingerprint density at radius 3 is 2.52 bits per heavy atom. The second-order valence-electron chi connectivity index (χ2n) is 5.62. The number of aromatic hydroxyl groups is 1. The average molecular weight is 287 g/mol. The number of rotatable bonds is 5. The minimum Gasteiger partial charge on any atom is -0.508 e. The Bertz CT molecular complexity index is 612. The van der Waals surface area contributed by atoms with Gasteiger partial charge < -0.3 is 10.4 Å². The minimum absolute atomic E-state index is 0.00177. The summed E-state index contributed by atoms with van der Waals surface area (Å²) in [6.45, 7) is 6.20.